The second-order valence-corrected chi connectivity index (χ2v) is 11.8. The van der Waals surface area contributed by atoms with E-state index in [2.05, 4.69) is 37.9 Å². The summed E-state index contributed by atoms with van der Waals surface area (Å²) in [5.74, 6) is 2.42. The molecule has 1 unspecified atom stereocenters. The maximum atomic E-state index is 6.37. The molecule has 0 spiro atoms. The van der Waals surface area contributed by atoms with Gasteiger partial charge in [0.15, 0.2) is 0 Å². The number of nitrogens with zero attached hydrogens (tertiary/aromatic N) is 1. The van der Waals surface area contributed by atoms with Crippen molar-refractivity contribution in [3.63, 3.8) is 0 Å². The molecule has 1 saturated heterocycles. The van der Waals surface area contributed by atoms with Crippen LogP contribution in [0.25, 0.3) is 0 Å². The van der Waals surface area contributed by atoms with Crippen LogP contribution in [0.2, 0.25) is 0 Å². The Morgan fingerprint density at radius 3 is 2.12 bits per heavy atom. The summed E-state index contributed by atoms with van der Waals surface area (Å²) in [7, 11) is 0. The number of piperidine rings is 1. The minimum Gasteiger partial charge on any atom is -0.412 e. The maximum absolute atomic E-state index is 6.37. The van der Waals surface area contributed by atoms with Gasteiger partial charge in [0.25, 0.3) is 0 Å². The minimum atomic E-state index is 0. The first-order valence-electron chi connectivity index (χ1n) is 12.6. The van der Waals surface area contributed by atoms with Gasteiger partial charge in [0.1, 0.15) is 0 Å². The number of rotatable bonds is 9. The van der Waals surface area contributed by atoms with Gasteiger partial charge in [-0.1, -0.05) is 48.0 Å². The Balaban J connectivity index is 0. The van der Waals surface area contributed by atoms with Gasteiger partial charge in [-0.3, -0.25) is 0 Å². The Bertz CT molecular complexity index is 481. The van der Waals surface area contributed by atoms with Gasteiger partial charge in [-0.25, -0.2) is 0 Å². The van der Waals surface area contributed by atoms with Gasteiger partial charge in [-0.05, 0) is 74.7 Å². The molecule has 3 rings (SSSR count). The lowest BCUT2D eigenvalue weighted by Crippen LogP contribution is -2.53. The smallest absolute Gasteiger partial charge is 0.0594 e. The summed E-state index contributed by atoms with van der Waals surface area (Å²) in [5, 5.41) is 4.25. The van der Waals surface area contributed by atoms with E-state index < -0.39 is 0 Å². The first-order chi connectivity index (χ1) is 13.8. The fourth-order valence-corrected chi connectivity index (χ4v) is 6.56. The number of ether oxygens (including phenoxy) is 1. The molecule has 2 aliphatic carbocycles. The molecule has 6 nitrogen and oxygen atoms in total. The van der Waals surface area contributed by atoms with Gasteiger partial charge >= 0.3 is 0 Å². The van der Waals surface area contributed by atoms with E-state index in [4.69, 9.17) is 16.3 Å². The predicted octanol–water partition coefficient (Wildman–Crippen LogP) is 3.87. The number of halogens is 1. The van der Waals surface area contributed by atoms with E-state index in [1.165, 1.54) is 77.4 Å². The van der Waals surface area contributed by atoms with Crippen molar-refractivity contribution in [2.75, 3.05) is 32.8 Å². The fraction of sp³-hybridized carbons (Fsp3) is 1.00. The molecule has 0 amide bonds. The third kappa shape index (κ3) is 10.7. The van der Waals surface area contributed by atoms with Gasteiger partial charge < -0.3 is 31.4 Å². The summed E-state index contributed by atoms with van der Waals surface area (Å²) in [6.07, 6.45) is 12.3. The molecule has 7 heteroatoms. The van der Waals surface area contributed by atoms with Gasteiger partial charge in [-0.2, -0.15) is 0 Å². The standard InChI is InChI=1S/C25H47ClN2O.CH4.3H2O/c1-19(2)24(27-14-16-29-22-7-5-6-8-22)17-28-15-13-23(25(3,4)18-28)20-9-11-21(26)12-10-20;;;;/h19-24,27H,5-18H2,1-4H3;1H4;3*1H2/t20?,21?,23?,24-;;;;/m0..../s1. The van der Waals surface area contributed by atoms with E-state index in [0.29, 0.717) is 28.9 Å². The van der Waals surface area contributed by atoms with E-state index in [1.807, 2.05) is 0 Å². The number of hydrogen-bond donors (Lipinski definition) is 1. The quantitative estimate of drug-likeness (QED) is 0.385. The normalized spacial score (nSPS) is 28.7. The number of hydrogen-bond acceptors (Lipinski definition) is 3. The molecule has 2 atom stereocenters. The molecule has 202 valence electrons. The number of likely N-dealkylation sites (tertiary alicyclic amines) is 1. The Morgan fingerprint density at radius 2 is 1.58 bits per heavy atom. The van der Waals surface area contributed by atoms with E-state index in [0.717, 1.165) is 25.0 Å². The maximum Gasteiger partial charge on any atom is 0.0594 e. The van der Waals surface area contributed by atoms with Crippen molar-refractivity contribution in [3.8, 4) is 0 Å². The van der Waals surface area contributed by atoms with Crippen molar-refractivity contribution < 1.29 is 21.2 Å². The predicted molar refractivity (Wildman–Crippen MR) is 142 cm³/mol. The van der Waals surface area contributed by atoms with E-state index in [1.54, 1.807) is 0 Å². The van der Waals surface area contributed by atoms with Crippen LogP contribution in [0, 0.1) is 23.2 Å². The highest BCUT2D eigenvalue weighted by molar-refractivity contribution is 6.20. The molecular formula is C26H57ClN2O4. The largest absolute Gasteiger partial charge is 0.412 e. The number of nitrogens with one attached hydrogen (secondary N) is 1. The topological polar surface area (TPSA) is 119 Å². The highest BCUT2D eigenvalue weighted by Crippen LogP contribution is 2.45. The lowest BCUT2D eigenvalue weighted by Gasteiger charge is -2.49. The van der Waals surface area contributed by atoms with Crippen molar-refractivity contribution in [1.29, 1.82) is 0 Å². The Hall–Kier alpha value is 0.0500. The molecule has 7 N–H and O–H groups in total. The van der Waals surface area contributed by atoms with Crippen LogP contribution in [0.3, 0.4) is 0 Å². The minimum absolute atomic E-state index is 0. The Labute approximate surface area is 209 Å². The highest BCUT2D eigenvalue weighted by atomic mass is 35.5. The van der Waals surface area contributed by atoms with Crippen LogP contribution in [0.5, 0.6) is 0 Å². The average molecular weight is 497 g/mol. The average Bonchev–Trinajstić information content (AvgIpc) is 3.18. The lowest BCUT2D eigenvalue weighted by molar-refractivity contribution is 0.00376. The van der Waals surface area contributed by atoms with Gasteiger partial charge in [-0.15, -0.1) is 11.6 Å². The molecule has 2 saturated carbocycles. The summed E-state index contributed by atoms with van der Waals surface area (Å²) in [5.41, 5.74) is 0.412. The van der Waals surface area contributed by atoms with Crippen LogP contribution >= 0.6 is 11.6 Å². The fourth-order valence-electron chi connectivity index (χ4n) is 6.31. The van der Waals surface area contributed by atoms with Crippen molar-refractivity contribution >= 4 is 11.6 Å². The molecule has 33 heavy (non-hydrogen) atoms. The zero-order chi connectivity index (χ0) is 20.9. The van der Waals surface area contributed by atoms with Crippen LogP contribution in [-0.4, -0.2) is 71.6 Å². The molecule has 3 fully saturated rings. The van der Waals surface area contributed by atoms with Crippen molar-refractivity contribution in [2.24, 2.45) is 23.2 Å². The summed E-state index contributed by atoms with van der Waals surface area (Å²) < 4.78 is 6.06. The molecule has 0 aromatic rings. The molecule has 3 aliphatic rings. The third-order valence-electron chi connectivity index (χ3n) is 8.09. The summed E-state index contributed by atoms with van der Waals surface area (Å²) >= 11 is 6.37. The summed E-state index contributed by atoms with van der Waals surface area (Å²) in [6.45, 7) is 15.3. The molecule has 0 bridgehead atoms. The van der Waals surface area contributed by atoms with Crippen LogP contribution in [0.4, 0.5) is 0 Å². The van der Waals surface area contributed by atoms with Crippen LogP contribution in [-0.2, 0) is 4.74 Å². The Kier molecular flexibility index (Phi) is 17.8. The monoisotopic (exact) mass is 496 g/mol. The molecule has 0 aromatic carbocycles. The molecule has 0 radical (unpaired) electrons. The van der Waals surface area contributed by atoms with Gasteiger partial charge in [0.05, 0.1) is 12.7 Å². The van der Waals surface area contributed by atoms with Crippen LogP contribution < -0.4 is 5.32 Å². The molecule has 0 aromatic heterocycles. The summed E-state index contributed by atoms with van der Waals surface area (Å²) in [4.78, 5) is 2.74. The van der Waals surface area contributed by atoms with Gasteiger partial charge in [0.2, 0.25) is 0 Å². The lowest BCUT2D eigenvalue weighted by atomic mass is 9.64. The second-order valence-electron chi connectivity index (χ2n) is 11.2. The molecule has 1 aliphatic heterocycles. The van der Waals surface area contributed by atoms with Crippen molar-refractivity contribution in [2.45, 2.75) is 110 Å². The van der Waals surface area contributed by atoms with Gasteiger partial charge in [0, 0.05) is 31.1 Å². The zero-order valence-corrected chi connectivity index (χ0v) is 21.9. The first kappa shape index (κ1) is 35.2. The molecule has 1 heterocycles. The van der Waals surface area contributed by atoms with E-state index in [-0.39, 0.29) is 23.9 Å². The summed E-state index contributed by atoms with van der Waals surface area (Å²) in [6, 6.07) is 0.557. The second kappa shape index (κ2) is 16.7. The molecular weight excluding hydrogens is 440 g/mol. The van der Waals surface area contributed by atoms with Crippen LogP contribution in [0.1, 0.15) is 92.9 Å². The highest BCUT2D eigenvalue weighted by Gasteiger charge is 2.41. The van der Waals surface area contributed by atoms with Crippen molar-refractivity contribution in [1.82, 2.24) is 10.2 Å². The Morgan fingerprint density at radius 1 is 0.970 bits per heavy atom. The van der Waals surface area contributed by atoms with E-state index >= 15 is 0 Å². The SMILES string of the molecule is C.CC(C)[C@H](CN1CCC(C2CCC(Cl)CC2)C(C)(C)C1)NCCOC1CCCC1.O.O.O. The zero-order valence-electron chi connectivity index (χ0n) is 21.1. The van der Waals surface area contributed by atoms with Crippen molar-refractivity contribution in [3.05, 3.63) is 0 Å². The third-order valence-corrected chi connectivity index (χ3v) is 8.52. The van der Waals surface area contributed by atoms with E-state index in [9.17, 15) is 0 Å². The number of alkyl halides is 1. The van der Waals surface area contributed by atoms with Crippen LogP contribution in [0.15, 0.2) is 0 Å². The first-order valence-corrected chi connectivity index (χ1v) is 13.0.